The maximum atomic E-state index is 10.8. The van der Waals surface area contributed by atoms with Crippen LogP contribution >= 0.6 is 11.9 Å². The van der Waals surface area contributed by atoms with Gasteiger partial charge in [0.05, 0.1) is 12.7 Å². The van der Waals surface area contributed by atoms with Crippen LogP contribution in [-0.2, 0) is 9.53 Å². The van der Waals surface area contributed by atoms with Gasteiger partial charge in [-0.2, -0.15) is 0 Å². The second-order valence-corrected chi connectivity index (χ2v) is 3.43. The van der Waals surface area contributed by atoms with Crippen molar-refractivity contribution in [3.63, 3.8) is 0 Å². The van der Waals surface area contributed by atoms with Gasteiger partial charge in [-0.15, -0.1) is 0 Å². The van der Waals surface area contributed by atoms with Gasteiger partial charge in [0, 0.05) is 0 Å². The SMILES string of the molecule is C/C(=C\C(=O)SN)COC(C)C. The number of rotatable bonds is 4. The van der Waals surface area contributed by atoms with Gasteiger partial charge in [0.2, 0.25) is 5.12 Å². The Labute approximate surface area is 77.5 Å². The molecule has 0 aromatic heterocycles. The summed E-state index contributed by atoms with van der Waals surface area (Å²) in [6.07, 6.45) is 1.68. The number of hydrogen-bond donors (Lipinski definition) is 1. The summed E-state index contributed by atoms with van der Waals surface area (Å²) in [5.41, 5.74) is 0.895. The number of ether oxygens (including phenoxy) is 1. The van der Waals surface area contributed by atoms with E-state index < -0.39 is 0 Å². The predicted octanol–water partition coefficient (Wildman–Crippen LogP) is 1.49. The molecule has 70 valence electrons. The Morgan fingerprint density at radius 3 is 2.67 bits per heavy atom. The van der Waals surface area contributed by atoms with Crippen LogP contribution in [0.3, 0.4) is 0 Å². The Morgan fingerprint density at radius 1 is 1.67 bits per heavy atom. The number of nitrogens with two attached hydrogens (primary N) is 1. The average molecular weight is 189 g/mol. The zero-order valence-corrected chi connectivity index (χ0v) is 8.48. The van der Waals surface area contributed by atoms with Crippen molar-refractivity contribution in [2.24, 2.45) is 5.14 Å². The Bertz CT molecular complexity index is 178. The zero-order chi connectivity index (χ0) is 9.56. The molecule has 0 bridgehead atoms. The molecule has 0 radical (unpaired) electrons. The van der Waals surface area contributed by atoms with Gasteiger partial charge in [-0.25, -0.2) is 0 Å². The quantitative estimate of drug-likeness (QED) is 0.538. The first-order valence-electron chi connectivity index (χ1n) is 3.75. The first kappa shape index (κ1) is 11.7. The maximum absolute atomic E-state index is 10.8. The van der Waals surface area contributed by atoms with E-state index in [1.54, 1.807) is 0 Å². The summed E-state index contributed by atoms with van der Waals surface area (Å²) in [7, 11) is 0. The lowest BCUT2D eigenvalue weighted by Crippen LogP contribution is -2.05. The van der Waals surface area contributed by atoms with E-state index in [0.29, 0.717) is 18.6 Å². The van der Waals surface area contributed by atoms with Crippen LogP contribution in [0.25, 0.3) is 0 Å². The molecule has 0 unspecified atom stereocenters. The molecule has 12 heavy (non-hydrogen) atoms. The normalized spacial score (nSPS) is 12.2. The summed E-state index contributed by atoms with van der Waals surface area (Å²) in [6.45, 7) is 6.24. The van der Waals surface area contributed by atoms with Gasteiger partial charge in [-0.05, 0) is 44.4 Å². The molecule has 0 amide bonds. The van der Waals surface area contributed by atoms with Gasteiger partial charge in [0.1, 0.15) is 0 Å². The van der Waals surface area contributed by atoms with Gasteiger partial charge in [0.15, 0.2) is 0 Å². The Kier molecular flexibility index (Phi) is 6.06. The van der Waals surface area contributed by atoms with Crippen LogP contribution in [-0.4, -0.2) is 17.8 Å². The molecular weight excluding hydrogens is 174 g/mol. The zero-order valence-electron chi connectivity index (χ0n) is 7.66. The molecule has 0 heterocycles. The molecule has 2 N–H and O–H groups in total. The fraction of sp³-hybridized carbons (Fsp3) is 0.625. The van der Waals surface area contributed by atoms with Crippen LogP contribution in [0.2, 0.25) is 0 Å². The smallest absolute Gasteiger partial charge is 0.226 e. The minimum Gasteiger partial charge on any atom is -0.374 e. The van der Waals surface area contributed by atoms with E-state index in [4.69, 9.17) is 9.88 Å². The Balaban J connectivity index is 3.78. The molecule has 0 aliphatic carbocycles. The third-order valence-corrected chi connectivity index (χ3v) is 1.47. The van der Waals surface area contributed by atoms with E-state index in [2.05, 4.69) is 0 Å². The fourth-order valence-corrected chi connectivity index (χ4v) is 0.844. The van der Waals surface area contributed by atoms with Crippen molar-refractivity contribution in [3.05, 3.63) is 11.6 Å². The third-order valence-electron chi connectivity index (χ3n) is 1.12. The molecule has 4 heteroatoms. The highest BCUT2D eigenvalue weighted by molar-refractivity contribution is 8.12. The van der Waals surface area contributed by atoms with Crippen molar-refractivity contribution in [2.75, 3.05) is 6.61 Å². The highest BCUT2D eigenvalue weighted by Gasteiger charge is 1.98. The van der Waals surface area contributed by atoms with Gasteiger partial charge in [-0.1, -0.05) is 0 Å². The molecule has 3 nitrogen and oxygen atoms in total. The predicted molar refractivity (Wildman–Crippen MR) is 51.6 cm³/mol. The summed E-state index contributed by atoms with van der Waals surface area (Å²) in [5, 5.41) is 4.92. The van der Waals surface area contributed by atoms with Crippen LogP contribution in [0.15, 0.2) is 11.6 Å². The first-order chi connectivity index (χ1) is 5.56. The maximum Gasteiger partial charge on any atom is 0.226 e. The van der Waals surface area contributed by atoms with E-state index in [0.717, 1.165) is 5.57 Å². The van der Waals surface area contributed by atoms with Crippen LogP contribution in [0.1, 0.15) is 20.8 Å². The van der Waals surface area contributed by atoms with E-state index in [-0.39, 0.29) is 11.2 Å². The molecule has 0 saturated heterocycles. The van der Waals surface area contributed by atoms with Gasteiger partial charge in [-0.3, -0.25) is 9.93 Å². The van der Waals surface area contributed by atoms with Crippen LogP contribution in [0.5, 0.6) is 0 Å². The van der Waals surface area contributed by atoms with Gasteiger partial charge in [0.25, 0.3) is 0 Å². The van der Waals surface area contributed by atoms with E-state index in [1.165, 1.54) is 6.08 Å². The van der Waals surface area contributed by atoms with Crippen LogP contribution < -0.4 is 5.14 Å². The number of carbonyl (C=O) groups excluding carboxylic acids is 1. The summed E-state index contributed by atoms with van der Waals surface area (Å²) in [4.78, 5) is 10.8. The molecule has 0 aromatic rings. The summed E-state index contributed by atoms with van der Waals surface area (Å²) >= 11 is 0.717. The molecule has 0 aromatic carbocycles. The van der Waals surface area contributed by atoms with Crippen molar-refractivity contribution in [1.29, 1.82) is 0 Å². The molecular formula is C8H15NO2S. The third kappa shape index (κ3) is 6.39. The Morgan fingerprint density at radius 2 is 2.25 bits per heavy atom. The largest absolute Gasteiger partial charge is 0.374 e. The second kappa shape index (κ2) is 6.22. The summed E-state index contributed by atoms with van der Waals surface area (Å²) < 4.78 is 5.28. The molecule has 0 fully saturated rings. The molecule has 0 rings (SSSR count). The van der Waals surface area contributed by atoms with Gasteiger partial charge < -0.3 is 4.74 Å². The standard InChI is InChI=1S/C8H15NO2S/c1-6(2)11-5-7(3)4-8(10)12-9/h4,6H,5,9H2,1-3H3/b7-4+. The molecule has 0 spiro atoms. The lowest BCUT2D eigenvalue weighted by Gasteiger charge is -2.06. The van der Waals surface area contributed by atoms with Gasteiger partial charge >= 0.3 is 0 Å². The van der Waals surface area contributed by atoms with Crippen molar-refractivity contribution in [2.45, 2.75) is 26.9 Å². The van der Waals surface area contributed by atoms with Crippen molar-refractivity contribution < 1.29 is 9.53 Å². The van der Waals surface area contributed by atoms with Crippen molar-refractivity contribution in [1.82, 2.24) is 0 Å². The monoisotopic (exact) mass is 189 g/mol. The molecule has 0 saturated carbocycles. The molecule has 0 aliphatic rings. The lowest BCUT2D eigenvalue weighted by atomic mass is 10.3. The topological polar surface area (TPSA) is 52.3 Å². The minimum atomic E-state index is -0.139. The van der Waals surface area contributed by atoms with Crippen LogP contribution in [0, 0.1) is 0 Å². The first-order valence-corrected chi connectivity index (χ1v) is 4.63. The lowest BCUT2D eigenvalue weighted by molar-refractivity contribution is -0.107. The summed E-state index contributed by atoms with van der Waals surface area (Å²) in [5.74, 6) is 0. The van der Waals surface area contributed by atoms with E-state index >= 15 is 0 Å². The Hall–Kier alpha value is -0.320. The highest BCUT2D eigenvalue weighted by atomic mass is 32.2. The van der Waals surface area contributed by atoms with Crippen LogP contribution in [0.4, 0.5) is 0 Å². The highest BCUT2D eigenvalue weighted by Crippen LogP contribution is 2.00. The van der Waals surface area contributed by atoms with E-state index in [1.807, 2.05) is 20.8 Å². The molecule has 0 atom stereocenters. The number of hydrogen-bond acceptors (Lipinski definition) is 4. The van der Waals surface area contributed by atoms with Crippen molar-refractivity contribution in [3.8, 4) is 0 Å². The second-order valence-electron chi connectivity index (χ2n) is 2.79. The summed E-state index contributed by atoms with van der Waals surface area (Å²) in [6, 6.07) is 0. The number of carbonyl (C=O) groups is 1. The van der Waals surface area contributed by atoms with E-state index in [9.17, 15) is 4.79 Å². The average Bonchev–Trinajstić information content (AvgIpc) is 2.00. The molecule has 0 aliphatic heterocycles. The minimum absolute atomic E-state index is 0.139. The van der Waals surface area contributed by atoms with Crippen molar-refractivity contribution >= 4 is 17.1 Å². The fourth-order valence-electron chi connectivity index (χ4n) is 0.575.